The lowest BCUT2D eigenvalue weighted by Crippen LogP contribution is -2.42. The molecule has 0 spiro atoms. The average molecular weight is 302 g/mol. The predicted molar refractivity (Wildman–Crippen MR) is 83.3 cm³/mol. The number of amides is 2. The molecule has 0 aromatic carbocycles. The number of hydrogen-bond donors (Lipinski definition) is 2. The van der Waals surface area contributed by atoms with Gasteiger partial charge in [0.1, 0.15) is 5.82 Å². The maximum Gasteiger partial charge on any atom is 0.225 e. The van der Waals surface area contributed by atoms with Gasteiger partial charge >= 0.3 is 0 Å². The molecule has 2 aliphatic heterocycles. The van der Waals surface area contributed by atoms with Crippen LogP contribution in [0.15, 0.2) is 18.3 Å². The molecule has 22 heavy (non-hydrogen) atoms. The molecule has 0 saturated carbocycles. The van der Waals surface area contributed by atoms with Crippen molar-refractivity contribution in [2.45, 2.75) is 32.2 Å². The Balaban J connectivity index is 1.48. The van der Waals surface area contributed by atoms with Crippen LogP contribution in [0.25, 0.3) is 0 Å². The monoisotopic (exact) mass is 302 g/mol. The molecule has 0 aliphatic carbocycles. The molecule has 118 valence electrons. The highest BCUT2D eigenvalue weighted by atomic mass is 16.2. The van der Waals surface area contributed by atoms with E-state index in [2.05, 4.69) is 20.5 Å². The van der Waals surface area contributed by atoms with Gasteiger partial charge < -0.3 is 15.5 Å². The summed E-state index contributed by atoms with van der Waals surface area (Å²) in [5.74, 6) is 0.937. The summed E-state index contributed by atoms with van der Waals surface area (Å²) in [6.07, 6.45) is 5.36. The Hall–Kier alpha value is -2.11. The van der Waals surface area contributed by atoms with Gasteiger partial charge in [-0.05, 0) is 30.9 Å². The highest BCUT2D eigenvalue weighted by Crippen LogP contribution is 2.17. The van der Waals surface area contributed by atoms with Gasteiger partial charge in [-0.25, -0.2) is 4.98 Å². The molecule has 2 N–H and O–H groups in total. The molecular formula is C16H22N4O2. The first-order valence-electron chi connectivity index (χ1n) is 7.96. The average Bonchev–Trinajstić information content (AvgIpc) is 3.08. The van der Waals surface area contributed by atoms with Gasteiger partial charge in [0.05, 0.1) is 5.92 Å². The molecule has 0 bridgehead atoms. The van der Waals surface area contributed by atoms with E-state index >= 15 is 0 Å². The van der Waals surface area contributed by atoms with E-state index in [-0.39, 0.29) is 17.7 Å². The minimum Gasteiger partial charge on any atom is -0.357 e. The van der Waals surface area contributed by atoms with E-state index in [1.165, 1.54) is 12.8 Å². The van der Waals surface area contributed by atoms with Gasteiger partial charge in [-0.2, -0.15) is 0 Å². The molecule has 1 aromatic heterocycles. The van der Waals surface area contributed by atoms with E-state index in [9.17, 15) is 9.59 Å². The molecule has 3 heterocycles. The fourth-order valence-corrected chi connectivity index (χ4v) is 2.94. The number of nitrogens with one attached hydrogen (secondary N) is 2. The van der Waals surface area contributed by atoms with Gasteiger partial charge in [-0.1, -0.05) is 6.07 Å². The molecule has 3 rings (SSSR count). The van der Waals surface area contributed by atoms with E-state index in [1.807, 2.05) is 18.3 Å². The van der Waals surface area contributed by atoms with E-state index in [1.54, 1.807) is 0 Å². The third-order valence-electron chi connectivity index (χ3n) is 4.34. The molecular weight excluding hydrogens is 280 g/mol. The fraction of sp³-hybridized carbons (Fsp3) is 0.562. The van der Waals surface area contributed by atoms with Crippen molar-refractivity contribution in [1.29, 1.82) is 0 Å². The quantitative estimate of drug-likeness (QED) is 0.864. The van der Waals surface area contributed by atoms with E-state index in [0.717, 1.165) is 24.5 Å². The van der Waals surface area contributed by atoms with Crippen LogP contribution < -0.4 is 15.5 Å². The molecule has 2 fully saturated rings. The summed E-state index contributed by atoms with van der Waals surface area (Å²) in [5, 5.41) is 5.66. The van der Waals surface area contributed by atoms with Gasteiger partial charge in [0, 0.05) is 38.8 Å². The topological polar surface area (TPSA) is 74.3 Å². The number of carbonyl (C=O) groups excluding carboxylic acids is 2. The number of hydrogen-bond acceptors (Lipinski definition) is 4. The van der Waals surface area contributed by atoms with Crippen molar-refractivity contribution in [1.82, 2.24) is 15.6 Å². The largest absolute Gasteiger partial charge is 0.357 e. The lowest BCUT2D eigenvalue weighted by Gasteiger charge is -2.21. The van der Waals surface area contributed by atoms with Crippen LogP contribution in [0.5, 0.6) is 0 Å². The molecule has 2 amide bonds. The van der Waals surface area contributed by atoms with Crippen molar-refractivity contribution < 1.29 is 9.59 Å². The van der Waals surface area contributed by atoms with Crippen molar-refractivity contribution in [3.05, 3.63) is 23.9 Å². The molecule has 1 atom stereocenters. The highest BCUT2D eigenvalue weighted by Gasteiger charge is 2.24. The second kappa shape index (κ2) is 6.77. The van der Waals surface area contributed by atoms with Crippen LogP contribution in [0.1, 0.15) is 31.2 Å². The van der Waals surface area contributed by atoms with Crippen LogP contribution >= 0.6 is 0 Å². The fourth-order valence-electron chi connectivity index (χ4n) is 2.94. The Morgan fingerprint density at radius 2 is 2.18 bits per heavy atom. The predicted octanol–water partition coefficient (Wildman–Crippen LogP) is 0.824. The third kappa shape index (κ3) is 3.55. The summed E-state index contributed by atoms with van der Waals surface area (Å²) >= 11 is 0. The first kappa shape index (κ1) is 14.8. The zero-order valence-electron chi connectivity index (χ0n) is 12.7. The summed E-state index contributed by atoms with van der Waals surface area (Å²) in [5.41, 5.74) is 0.996. The van der Waals surface area contributed by atoms with Crippen LogP contribution in [0.2, 0.25) is 0 Å². The summed E-state index contributed by atoms with van der Waals surface area (Å²) < 4.78 is 0. The van der Waals surface area contributed by atoms with Crippen molar-refractivity contribution >= 4 is 17.6 Å². The SMILES string of the molecule is O=C1CC[C@H](C(=O)NCc2ccc(N3CCCC3)nc2)CN1. The maximum absolute atomic E-state index is 12.1. The second-order valence-corrected chi connectivity index (χ2v) is 5.98. The van der Waals surface area contributed by atoms with E-state index in [0.29, 0.717) is 25.9 Å². The summed E-state index contributed by atoms with van der Waals surface area (Å²) in [4.78, 5) is 29.9. The number of carbonyl (C=O) groups is 2. The molecule has 0 unspecified atom stereocenters. The number of anilines is 1. The van der Waals surface area contributed by atoms with Crippen molar-refractivity contribution in [3.8, 4) is 0 Å². The van der Waals surface area contributed by atoms with Crippen LogP contribution in [0.4, 0.5) is 5.82 Å². The Bertz CT molecular complexity index is 528. The standard InChI is InChI=1S/C16H22N4O2/c21-15-6-4-13(11-18-15)16(22)19-10-12-3-5-14(17-9-12)20-7-1-2-8-20/h3,5,9,13H,1-2,4,6-8,10-11H2,(H,18,21)(H,19,22)/t13-/m0/s1. The number of rotatable bonds is 4. The van der Waals surface area contributed by atoms with Crippen LogP contribution in [0.3, 0.4) is 0 Å². The van der Waals surface area contributed by atoms with E-state index < -0.39 is 0 Å². The lowest BCUT2D eigenvalue weighted by atomic mass is 9.98. The van der Waals surface area contributed by atoms with Crippen LogP contribution in [-0.4, -0.2) is 36.4 Å². The minimum atomic E-state index is -0.116. The Labute approximate surface area is 130 Å². The number of nitrogens with zero attached hydrogens (tertiary/aromatic N) is 2. The third-order valence-corrected chi connectivity index (χ3v) is 4.34. The van der Waals surface area contributed by atoms with Crippen LogP contribution in [-0.2, 0) is 16.1 Å². The number of piperidine rings is 1. The van der Waals surface area contributed by atoms with Crippen molar-refractivity contribution in [2.75, 3.05) is 24.5 Å². The molecule has 6 heteroatoms. The lowest BCUT2D eigenvalue weighted by molar-refractivity contribution is -0.129. The normalized spacial score (nSPS) is 21.5. The first-order chi connectivity index (χ1) is 10.7. The molecule has 2 aliphatic rings. The molecule has 1 aromatic rings. The first-order valence-corrected chi connectivity index (χ1v) is 7.96. The second-order valence-electron chi connectivity index (χ2n) is 5.98. The highest BCUT2D eigenvalue weighted by molar-refractivity contribution is 5.83. The summed E-state index contributed by atoms with van der Waals surface area (Å²) in [7, 11) is 0. The van der Waals surface area contributed by atoms with E-state index in [4.69, 9.17) is 0 Å². The smallest absolute Gasteiger partial charge is 0.225 e. The van der Waals surface area contributed by atoms with Gasteiger partial charge in [0.2, 0.25) is 11.8 Å². The van der Waals surface area contributed by atoms with Crippen molar-refractivity contribution in [2.24, 2.45) is 5.92 Å². The Kier molecular flexibility index (Phi) is 4.56. The van der Waals surface area contributed by atoms with Gasteiger partial charge in [-0.3, -0.25) is 9.59 Å². The van der Waals surface area contributed by atoms with Crippen LogP contribution in [0, 0.1) is 5.92 Å². The number of aromatic nitrogens is 1. The molecule has 0 radical (unpaired) electrons. The number of pyridine rings is 1. The van der Waals surface area contributed by atoms with Gasteiger partial charge in [-0.15, -0.1) is 0 Å². The Morgan fingerprint density at radius 1 is 1.36 bits per heavy atom. The van der Waals surface area contributed by atoms with Gasteiger partial charge in [0.15, 0.2) is 0 Å². The zero-order chi connectivity index (χ0) is 15.4. The maximum atomic E-state index is 12.1. The summed E-state index contributed by atoms with van der Waals surface area (Å²) in [6, 6.07) is 4.04. The molecule has 6 nitrogen and oxygen atoms in total. The zero-order valence-corrected chi connectivity index (χ0v) is 12.7. The molecule has 2 saturated heterocycles. The van der Waals surface area contributed by atoms with Crippen molar-refractivity contribution in [3.63, 3.8) is 0 Å². The Morgan fingerprint density at radius 3 is 2.82 bits per heavy atom. The summed E-state index contributed by atoms with van der Waals surface area (Å²) in [6.45, 7) is 3.08. The minimum absolute atomic E-state index is 0.00335. The van der Waals surface area contributed by atoms with Gasteiger partial charge in [0.25, 0.3) is 0 Å².